The minimum absolute atomic E-state index is 0.537. The zero-order valence-electron chi connectivity index (χ0n) is 9.05. The van der Waals surface area contributed by atoms with Crippen molar-refractivity contribution >= 4 is 5.69 Å². The van der Waals surface area contributed by atoms with E-state index in [1.807, 2.05) is 37.3 Å². The van der Waals surface area contributed by atoms with E-state index in [9.17, 15) is 0 Å². The Morgan fingerprint density at radius 2 is 2.06 bits per heavy atom. The van der Waals surface area contributed by atoms with Gasteiger partial charge in [-0.25, -0.2) is 0 Å². The van der Waals surface area contributed by atoms with E-state index >= 15 is 0 Å². The van der Waals surface area contributed by atoms with E-state index in [2.05, 4.69) is 10.2 Å². The summed E-state index contributed by atoms with van der Waals surface area (Å²) in [4.78, 5) is 0. The van der Waals surface area contributed by atoms with Crippen LogP contribution in [-0.4, -0.2) is 16.8 Å². The number of nitrogen functional groups attached to an aromatic ring is 1. The van der Waals surface area contributed by atoms with Crippen LogP contribution < -0.4 is 10.5 Å². The predicted octanol–water partition coefficient (Wildman–Crippen LogP) is 2.12. The zero-order valence-corrected chi connectivity index (χ0v) is 9.05. The van der Waals surface area contributed by atoms with Crippen LogP contribution in [0.1, 0.15) is 6.92 Å². The fraction of sp³-hybridized carbons (Fsp3) is 0.167. The number of benzene rings is 1. The summed E-state index contributed by atoms with van der Waals surface area (Å²) >= 11 is 0. The molecule has 0 bridgehead atoms. The quantitative estimate of drug-likeness (QED) is 0.797. The lowest BCUT2D eigenvalue weighted by Crippen LogP contribution is -1.96. The second kappa shape index (κ2) is 4.61. The molecule has 1 heterocycles. The first-order valence-corrected chi connectivity index (χ1v) is 5.12. The Balaban J connectivity index is 2.27. The summed E-state index contributed by atoms with van der Waals surface area (Å²) in [6.07, 6.45) is 0. The van der Waals surface area contributed by atoms with Gasteiger partial charge in [-0.15, -0.1) is 10.2 Å². The van der Waals surface area contributed by atoms with Gasteiger partial charge in [0.15, 0.2) is 0 Å². The van der Waals surface area contributed by atoms with Gasteiger partial charge >= 0.3 is 0 Å². The van der Waals surface area contributed by atoms with Crippen molar-refractivity contribution < 1.29 is 4.74 Å². The van der Waals surface area contributed by atoms with Gasteiger partial charge in [-0.1, -0.05) is 12.1 Å². The molecule has 0 unspecified atom stereocenters. The van der Waals surface area contributed by atoms with Crippen LogP contribution in [0, 0.1) is 0 Å². The van der Waals surface area contributed by atoms with Gasteiger partial charge in [-0.3, -0.25) is 0 Å². The minimum atomic E-state index is 0.537. The highest BCUT2D eigenvalue weighted by Gasteiger charge is 2.01. The van der Waals surface area contributed by atoms with E-state index in [4.69, 9.17) is 10.5 Å². The Morgan fingerprint density at radius 1 is 1.19 bits per heavy atom. The maximum Gasteiger partial charge on any atom is 0.233 e. The lowest BCUT2D eigenvalue weighted by atomic mass is 10.1. The molecule has 0 radical (unpaired) electrons. The van der Waals surface area contributed by atoms with Gasteiger partial charge in [-0.05, 0) is 25.1 Å². The molecule has 0 aliphatic heterocycles. The normalized spacial score (nSPS) is 10.1. The predicted molar refractivity (Wildman–Crippen MR) is 63.0 cm³/mol. The summed E-state index contributed by atoms with van der Waals surface area (Å²) in [7, 11) is 0. The van der Waals surface area contributed by atoms with Crippen molar-refractivity contribution in [3.63, 3.8) is 0 Å². The summed E-state index contributed by atoms with van der Waals surface area (Å²) in [6, 6.07) is 11.2. The molecule has 16 heavy (non-hydrogen) atoms. The maximum atomic E-state index is 5.70. The average molecular weight is 215 g/mol. The summed E-state index contributed by atoms with van der Waals surface area (Å²) < 4.78 is 5.22. The van der Waals surface area contributed by atoms with Crippen molar-refractivity contribution in [2.24, 2.45) is 0 Å². The Morgan fingerprint density at radius 3 is 2.69 bits per heavy atom. The molecule has 0 aliphatic carbocycles. The van der Waals surface area contributed by atoms with E-state index < -0.39 is 0 Å². The van der Waals surface area contributed by atoms with Crippen LogP contribution in [0.15, 0.2) is 36.4 Å². The number of hydrogen-bond donors (Lipinski definition) is 1. The highest BCUT2D eigenvalue weighted by Crippen LogP contribution is 2.19. The Hall–Kier alpha value is -2.10. The molecule has 0 fully saturated rings. The summed E-state index contributed by atoms with van der Waals surface area (Å²) in [5.41, 5.74) is 8.16. The number of aromatic nitrogens is 2. The molecule has 0 saturated heterocycles. The molecule has 0 saturated carbocycles. The first kappa shape index (κ1) is 10.4. The second-order valence-electron chi connectivity index (χ2n) is 3.32. The minimum Gasteiger partial charge on any atom is -0.477 e. The number of anilines is 1. The summed E-state index contributed by atoms with van der Waals surface area (Å²) in [6.45, 7) is 2.50. The molecule has 0 spiro atoms. The van der Waals surface area contributed by atoms with Gasteiger partial charge in [0.25, 0.3) is 0 Å². The van der Waals surface area contributed by atoms with Gasteiger partial charge in [0.05, 0.1) is 12.3 Å². The summed E-state index contributed by atoms with van der Waals surface area (Å²) in [5, 5.41) is 8.04. The van der Waals surface area contributed by atoms with Crippen molar-refractivity contribution in [1.29, 1.82) is 0 Å². The standard InChI is InChI=1S/C12H13N3O/c1-2-16-12-7-6-11(14-15-12)9-4-3-5-10(13)8-9/h3-8H,2,13H2,1H3. The van der Waals surface area contributed by atoms with Gasteiger partial charge in [0, 0.05) is 17.3 Å². The van der Waals surface area contributed by atoms with Crippen molar-refractivity contribution in [2.45, 2.75) is 6.92 Å². The van der Waals surface area contributed by atoms with Crippen LogP contribution in [0.2, 0.25) is 0 Å². The lowest BCUT2D eigenvalue weighted by molar-refractivity contribution is 0.323. The Kier molecular flexibility index (Phi) is 3.00. The molecule has 0 aliphatic rings. The molecule has 4 heteroatoms. The molecule has 0 amide bonds. The van der Waals surface area contributed by atoms with Crippen LogP contribution in [0.5, 0.6) is 5.88 Å². The highest BCUT2D eigenvalue weighted by molar-refractivity contribution is 5.63. The lowest BCUT2D eigenvalue weighted by Gasteiger charge is -2.03. The monoisotopic (exact) mass is 215 g/mol. The SMILES string of the molecule is CCOc1ccc(-c2cccc(N)c2)nn1. The third kappa shape index (κ3) is 2.28. The van der Waals surface area contributed by atoms with E-state index in [1.165, 1.54) is 0 Å². The molecule has 2 N–H and O–H groups in total. The third-order valence-electron chi connectivity index (χ3n) is 2.11. The maximum absolute atomic E-state index is 5.70. The van der Waals surface area contributed by atoms with Gasteiger partial charge in [0.1, 0.15) is 0 Å². The largest absolute Gasteiger partial charge is 0.477 e. The van der Waals surface area contributed by atoms with Gasteiger partial charge in [-0.2, -0.15) is 0 Å². The van der Waals surface area contributed by atoms with Gasteiger partial charge in [0.2, 0.25) is 5.88 Å². The smallest absolute Gasteiger partial charge is 0.233 e. The van der Waals surface area contributed by atoms with Crippen molar-refractivity contribution in [2.75, 3.05) is 12.3 Å². The van der Waals surface area contributed by atoms with E-state index in [1.54, 1.807) is 6.07 Å². The molecule has 2 rings (SSSR count). The Labute approximate surface area is 94.1 Å². The van der Waals surface area contributed by atoms with E-state index in [-0.39, 0.29) is 0 Å². The van der Waals surface area contributed by atoms with Crippen molar-refractivity contribution in [3.05, 3.63) is 36.4 Å². The molecule has 2 aromatic rings. The molecule has 82 valence electrons. The first-order chi connectivity index (χ1) is 7.79. The molecule has 1 aromatic carbocycles. The number of nitrogens with zero attached hydrogens (tertiary/aromatic N) is 2. The summed E-state index contributed by atoms with van der Waals surface area (Å²) in [5.74, 6) is 0.537. The Bertz CT molecular complexity index is 468. The van der Waals surface area contributed by atoms with Crippen LogP contribution in [0.3, 0.4) is 0 Å². The fourth-order valence-corrected chi connectivity index (χ4v) is 1.40. The molecule has 1 aromatic heterocycles. The van der Waals surface area contributed by atoms with Crippen molar-refractivity contribution in [3.8, 4) is 17.1 Å². The topological polar surface area (TPSA) is 61.0 Å². The van der Waals surface area contributed by atoms with Crippen molar-refractivity contribution in [1.82, 2.24) is 10.2 Å². The first-order valence-electron chi connectivity index (χ1n) is 5.12. The van der Waals surface area contributed by atoms with Crippen LogP contribution in [-0.2, 0) is 0 Å². The van der Waals surface area contributed by atoms with Crippen LogP contribution >= 0.6 is 0 Å². The highest BCUT2D eigenvalue weighted by atomic mass is 16.5. The third-order valence-corrected chi connectivity index (χ3v) is 2.11. The molecule has 0 atom stereocenters. The number of ether oxygens (including phenoxy) is 1. The van der Waals surface area contributed by atoms with Crippen LogP contribution in [0.25, 0.3) is 11.3 Å². The van der Waals surface area contributed by atoms with E-state index in [0.29, 0.717) is 18.2 Å². The van der Waals surface area contributed by atoms with Crippen LogP contribution in [0.4, 0.5) is 5.69 Å². The average Bonchev–Trinajstić information content (AvgIpc) is 2.30. The molecular weight excluding hydrogens is 202 g/mol. The molecular formula is C12H13N3O. The number of rotatable bonds is 3. The zero-order chi connectivity index (χ0) is 11.4. The number of nitrogens with two attached hydrogens (primary N) is 1. The van der Waals surface area contributed by atoms with Gasteiger partial charge < -0.3 is 10.5 Å². The second-order valence-corrected chi connectivity index (χ2v) is 3.32. The van der Waals surface area contributed by atoms with E-state index in [0.717, 1.165) is 11.3 Å². The fourth-order valence-electron chi connectivity index (χ4n) is 1.40. The number of hydrogen-bond acceptors (Lipinski definition) is 4. The molecule has 4 nitrogen and oxygen atoms in total.